The number of carbonyl (C=O) groups excluding carboxylic acids is 2. The van der Waals surface area contributed by atoms with Gasteiger partial charge in [-0.05, 0) is 36.1 Å². The summed E-state index contributed by atoms with van der Waals surface area (Å²) in [6, 6.07) is 14.6. The first-order valence-electron chi connectivity index (χ1n) is 9.57. The molecule has 1 unspecified atom stereocenters. The zero-order chi connectivity index (χ0) is 21.8. The second kappa shape index (κ2) is 6.95. The first-order chi connectivity index (χ1) is 15.0. The molecule has 1 amide bonds. The molecule has 3 N–H and O–H groups in total. The van der Waals surface area contributed by atoms with Gasteiger partial charge >= 0.3 is 5.97 Å². The van der Waals surface area contributed by atoms with E-state index in [1.54, 1.807) is 36.4 Å². The molecule has 2 aliphatic rings. The van der Waals surface area contributed by atoms with Crippen LogP contribution in [0, 0.1) is 0 Å². The van der Waals surface area contributed by atoms with Crippen LogP contribution in [-0.2, 0) is 15.1 Å². The number of aromatic hydroxyl groups is 2. The van der Waals surface area contributed by atoms with Crippen LogP contribution in [0.5, 0.6) is 23.0 Å². The maximum atomic E-state index is 12.8. The van der Waals surface area contributed by atoms with E-state index in [-0.39, 0.29) is 41.0 Å². The number of benzene rings is 3. The fraction of sp³-hybridized carbons (Fsp3) is 0.130. The van der Waals surface area contributed by atoms with Gasteiger partial charge in [-0.25, -0.2) is 4.79 Å². The van der Waals surface area contributed by atoms with E-state index in [4.69, 9.17) is 9.47 Å². The molecule has 8 heteroatoms. The second-order valence-electron chi connectivity index (χ2n) is 7.26. The molecule has 156 valence electrons. The van der Waals surface area contributed by atoms with Crippen LogP contribution in [0.25, 0.3) is 0 Å². The summed E-state index contributed by atoms with van der Waals surface area (Å²) in [6.07, 6.45) is 0.132. The number of rotatable bonds is 3. The maximum absolute atomic E-state index is 12.8. The molecule has 7 nitrogen and oxygen atoms in total. The molecule has 3 aromatic carbocycles. The summed E-state index contributed by atoms with van der Waals surface area (Å²) in [6.45, 7) is 0. The lowest BCUT2D eigenvalue weighted by atomic mass is 9.77. The summed E-state index contributed by atoms with van der Waals surface area (Å²) in [5.74, 6) is -0.410. The van der Waals surface area contributed by atoms with Gasteiger partial charge in [0, 0.05) is 23.6 Å². The Morgan fingerprint density at radius 3 is 2.61 bits per heavy atom. The second-order valence-corrected chi connectivity index (χ2v) is 7.70. The number of fused-ring (bicyclic) bond motifs is 6. The lowest BCUT2D eigenvalue weighted by Gasteiger charge is -2.37. The monoisotopic (exact) mass is 435 g/mol. The summed E-state index contributed by atoms with van der Waals surface area (Å²) < 4.78 is 12.0. The van der Waals surface area contributed by atoms with Crippen molar-refractivity contribution >= 4 is 30.2 Å². The van der Waals surface area contributed by atoms with Gasteiger partial charge in [-0.2, -0.15) is 12.6 Å². The Bertz CT molecular complexity index is 1260. The minimum Gasteiger partial charge on any atom is -0.508 e. The summed E-state index contributed by atoms with van der Waals surface area (Å²) in [4.78, 5) is 25.1. The van der Waals surface area contributed by atoms with E-state index >= 15 is 0 Å². The van der Waals surface area contributed by atoms with Gasteiger partial charge < -0.3 is 25.0 Å². The predicted molar refractivity (Wildman–Crippen MR) is 115 cm³/mol. The van der Waals surface area contributed by atoms with Gasteiger partial charge in [-0.3, -0.25) is 4.79 Å². The molecule has 31 heavy (non-hydrogen) atoms. The lowest BCUT2D eigenvalue weighted by molar-refractivity contribution is -0.115. The van der Waals surface area contributed by atoms with Crippen molar-refractivity contribution in [3.8, 4) is 23.0 Å². The number of nitrogens with one attached hydrogen (secondary N) is 1. The maximum Gasteiger partial charge on any atom is 0.340 e. The van der Waals surface area contributed by atoms with E-state index in [2.05, 4.69) is 17.9 Å². The molecule has 0 aromatic heterocycles. The van der Waals surface area contributed by atoms with Crippen molar-refractivity contribution < 1.29 is 29.3 Å². The zero-order valence-corrected chi connectivity index (χ0v) is 17.0. The molecule has 0 saturated carbocycles. The van der Waals surface area contributed by atoms with E-state index in [9.17, 15) is 19.8 Å². The van der Waals surface area contributed by atoms with E-state index in [1.807, 2.05) is 0 Å². The number of ether oxygens (including phenoxy) is 2. The van der Waals surface area contributed by atoms with Gasteiger partial charge in [0.1, 0.15) is 22.9 Å². The Morgan fingerprint density at radius 1 is 1.03 bits per heavy atom. The highest BCUT2D eigenvalue weighted by Crippen LogP contribution is 2.59. The van der Waals surface area contributed by atoms with Crippen LogP contribution in [0.2, 0.25) is 0 Å². The Hall–Kier alpha value is -3.65. The van der Waals surface area contributed by atoms with Crippen LogP contribution in [0.4, 0.5) is 5.69 Å². The van der Waals surface area contributed by atoms with Crippen molar-refractivity contribution in [1.29, 1.82) is 0 Å². The molecule has 0 saturated heterocycles. The first-order valence-corrected chi connectivity index (χ1v) is 10.2. The Kier molecular flexibility index (Phi) is 4.33. The first kappa shape index (κ1) is 19.3. The van der Waals surface area contributed by atoms with E-state index in [0.717, 1.165) is 0 Å². The van der Waals surface area contributed by atoms with Crippen LogP contribution in [0.1, 0.15) is 33.5 Å². The molecule has 3 aromatic rings. The zero-order valence-electron chi connectivity index (χ0n) is 16.1. The third-order valence-corrected chi connectivity index (χ3v) is 5.67. The van der Waals surface area contributed by atoms with Gasteiger partial charge in [0.2, 0.25) is 5.91 Å². The number of anilines is 1. The molecule has 2 heterocycles. The largest absolute Gasteiger partial charge is 0.508 e. The molecule has 0 radical (unpaired) electrons. The Balaban J connectivity index is 1.81. The van der Waals surface area contributed by atoms with Gasteiger partial charge in [0.05, 0.1) is 11.1 Å². The molecule has 0 fully saturated rings. The van der Waals surface area contributed by atoms with Crippen LogP contribution < -0.4 is 10.1 Å². The standard InChI is InChI=1S/C23H17NO6S/c25-12-5-6-15-18(11-12)29-21-16(7-8-17(26)20(21)24-19(27)9-10-31)23(15)14-4-2-1-3-13(14)22(28)30-23/h1-8,11,25-26,31H,9-10H2,(H,24,27). The molecule has 0 bridgehead atoms. The van der Waals surface area contributed by atoms with Crippen molar-refractivity contribution in [2.45, 2.75) is 12.0 Å². The third-order valence-electron chi connectivity index (χ3n) is 5.45. The average Bonchev–Trinajstić information content (AvgIpc) is 3.04. The number of amides is 1. The minimum atomic E-state index is -1.36. The van der Waals surface area contributed by atoms with Crippen LogP contribution in [0.15, 0.2) is 54.6 Å². The topological polar surface area (TPSA) is 105 Å². The Morgan fingerprint density at radius 2 is 1.81 bits per heavy atom. The molecule has 1 spiro atoms. The predicted octanol–water partition coefficient (Wildman–Crippen LogP) is 3.92. The average molecular weight is 435 g/mol. The summed E-state index contributed by atoms with van der Waals surface area (Å²) in [7, 11) is 0. The van der Waals surface area contributed by atoms with Crippen LogP contribution in [-0.4, -0.2) is 27.8 Å². The number of carbonyl (C=O) groups is 2. The van der Waals surface area contributed by atoms with Crippen molar-refractivity contribution in [2.75, 3.05) is 11.1 Å². The highest BCUT2D eigenvalue weighted by atomic mass is 32.1. The number of thiol groups is 1. The third kappa shape index (κ3) is 2.75. The van der Waals surface area contributed by atoms with Gasteiger partial charge in [-0.1, -0.05) is 18.2 Å². The number of esters is 1. The van der Waals surface area contributed by atoms with E-state index < -0.39 is 11.6 Å². The normalized spacial score (nSPS) is 17.9. The minimum absolute atomic E-state index is 0.0456. The molecule has 5 rings (SSSR count). The SMILES string of the molecule is O=C(CCS)Nc1c(O)ccc2c1Oc1cc(O)ccc1C21OC(=O)c2ccccc21. The van der Waals surface area contributed by atoms with Gasteiger partial charge in [-0.15, -0.1) is 0 Å². The quantitative estimate of drug-likeness (QED) is 0.282. The van der Waals surface area contributed by atoms with E-state index in [1.165, 1.54) is 18.2 Å². The number of phenolic OH excluding ortho intramolecular Hbond substituents is 2. The molecular weight excluding hydrogens is 418 g/mol. The Labute approximate surface area is 182 Å². The van der Waals surface area contributed by atoms with Crippen molar-refractivity contribution in [3.05, 3.63) is 76.9 Å². The molecule has 2 aliphatic heterocycles. The van der Waals surface area contributed by atoms with Crippen LogP contribution >= 0.6 is 12.6 Å². The molecular formula is C23H17NO6S. The fourth-order valence-corrected chi connectivity index (χ4v) is 4.34. The van der Waals surface area contributed by atoms with Crippen molar-refractivity contribution in [2.24, 2.45) is 0 Å². The van der Waals surface area contributed by atoms with Crippen LogP contribution in [0.3, 0.4) is 0 Å². The molecule has 1 atom stereocenters. The number of phenols is 2. The fourth-order valence-electron chi connectivity index (χ4n) is 4.14. The summed E-state index contributed by atoms with van der Waals surface area (Å²) >= 11 is 4.07. The smallest absolute Gasteiger partial charge is 0.340 e. The summed E-state index contributed by atoms with van der Waals surface area (Å²) in [5.41, 5.74) is 0.675. The van der Waals surface area contributed by atoms with Gasteiger partial charge in [0.25, 0.3) is 0 Å². The van der Waals surface area contributed by atoms with Crippen molar-refractivity contribution in [3.63, 3.8) is 0 Å². The lowest BCUT2D eigenvalue weighted by Crippen LogP contribution is -2.33. The molecule has 0 aliphatic carbocycles. The number of hydrogen-bond acceptors (Lipinski definition) is 7. The highest BCUT2D eigenvalue weighted by molar-refractivity contribution is 7.80. The highest BCUT2D eigenvalue weighted by Gasteiger charge is 2.54. The van der Waals surface area contributed by atoms with E-state index in [0.29, 0.717) is 28.0 Å². The van der Waals surface area contributed by atoms with Crippen molar-refractivity contribution in [1.82, 2.24) is 0 Å². The number of hydrogen-bond donors (Lipinski definition) is 4. The van der Waals surface area contributed by atoms with Gasteiger partial charge in [0.15, 0.2) is 11.4 Å². The summed E-state index contributed by atoms with van der Waals surface area (Å²) in [5, 5.41) is 23.2.